The molecule has 0 aliphatic rings. The molecule has 1 aromatic heterocycles. The molecule has 80 valence electrons. The van der Waals surface area contributed by atoms with Crippen molar-refractivity contribution in [3.63, 3.8) is 0 Å². The van der Waals surface area contributed by atoms with E-state index in [2.05, 4.69) is 9.55 Å². The van der Waals surface area contributed by atoms with E-state index in [4.69, 9.17) is 5.73 Å². The van der Waals surface area contributed by atoms with Crippen molar-refractivity contribution in [3.8, 4) is 0 Å². The van der Waals surface area contributed by atoms with Crippen molar-refractivity contribution in [2.45, 2.75) is 45.1 Å². The maximum absolute atomic E-state index is 5.42. The number of rotatable bonds is 8. The van der Waals surface area contributed by atoms with Crippen LogP contribution < -0.4 is 5.73 Å². The van der Waals surface area contributed by atoms with E-state index in [9.17, 15) is 0 Å². The molecule has 2 N–H and O–H groups in total. The van der Waals surface area contributed by atoms with Gasteiger partial charge in [0.25, 0.3) is 0 Å². The molecular formula is C11H21N3. The van der Waals surface area contributed by atoms with E-state index in [1.807, 2.05) is 18.7 Å². The van der Waals surface area contributed by atoms with Crippen molar-refractivity contribution in [1.82, 2.24) is 9.55 Å². The van der Waals surface area contributed by atoms with Crippen LogP contribution >= 0.6 is 0 Å². The maximum Gasteiger partial charge on any atom is 0.0945 e. The molecule has 1 heterocycles. The van der Waals surface area contributed by atoms with Gasteiger partial charge in [-0.25, -0.2) is 4.98 Å². The summed E-state index contributed by atoms with van der Waals surface area (Å²) in [5.41, 5.74) is 5.42. The van der Waals surface area contributed by atoms with Crippen LogP contribution in [0.5, 0.6) is 0 Å². The molecule has 0 fully saturated rings. The van der Waals surface area contributed by atoms with Gasteiger partial charge in [0.2, 0.25) is 0 Å². The number of unbranched alkanes of at least 4 members (excludes halogenated alkanes) is 5. The molecule has 0 bridgehead atoms. The van der Waals surface area contributed by atoms with Crippen LogP contribution in [0.25, 0.3) is 0 Å². The van der Waals surface area contributed by atoms with Gasteiger partial charge in [0.15, 0.2) is 0 Å². The van der Waals surface area contributed by atoms with Crippen molar-refractivity contribution >= 4 is 0 Å². The molecule has 0 aromatic carbocycles. The Kier molecular flexibility index (Phi) is 6.07. The van der Waals surface area contributed by atoms with E-state index < -0.39 is 0 Å². The topological polar surface area (TPSA) is 43.8 Å². The quantitative estimate of drug-likeness (QED) is 0.646. The number of imidazole rings is 1. The van der Waals surface area contributed by atoms with E-state index in [0.717, 1.165) is 13.1 Å². The maximum atomic E-state index is 5.42. The van der Waals surface area contributed by atoms with Gasteiger partial charge in [0.05, 0.1) is 6.33 Å². The summed E-state index contributed by atoms with van der Waals surface area (Å²) in [4.78, 5) is 4.01. The third kappa shape index (κ3) is 5.02. The van der Waals surface area contributed by atoms with Gasteiger partial charge in [-0.3, -0.25) is 0 Å². The molecule has 3 nitrogen and oxygen atoms in total. The molecule has 0 aliphatic heterocycles. The van der Waals surface area contributed by atoms with Crippen molar-refractivity contribution < 1.29 is 0 Å². The van der Waals surface area contributed by atoms with Crippen LogP contribution in [0.3, 0.4) is 0 Å². The standard InChI is InChI=1S/C11H21N3/c12-7-5-3-1-2-4-6-9-14-10-8-13-11-14/h8,10-11H,1-7,9,12H2. The Hall–Kier alpha value is -0.830. The highest BCUT2D eigenvalue weighted by molar-refractivity contribution is 4.73. The summed E-state index contributed by atoms with van der Waals surface area (Å²) >= 11 is 0. The number of nitrogens with zero attached hydrogens (tertiary/aromatic N) is 2. The highest BCUT2D eigenvalue weighted by Crippen LogP contribution is 2.05. The highest BCUT2D eigenvalue weighted by atomic mass is 15.0. The van der Waals surface area contributed by atoms with E-state index in [1.54, 1.807) is 0 Å². The second kappa shape index (κ2) is 7.56. The summed E-state index contributed by atoms with van der Waals surface area (Å²) < 4.78 is 2.14. The molecule has 0 spiro atoms. The van der Waals surface area contributed by atoms with Gasteiger partial charge in [-0.1, -0.05) is 25.7 Å². The highest BCUT2D eigenvalue weighted by Gasteiger charge is 1.92. The van der Waals surface area contributed by atoms with Crippen LogP contribution in [0, 0.1) is 0 Å². The first kappa shape index (κ1) is 11.2. The molecule has 1 rings (SSSR count). The molecule has 0 aliphatic carbocycles. The zero-order valence-corrected chi connectivity index (χ0v) is 8.86. The predicted octanol–water partition coefficient (Wildman–Crippen LogP) is 2.18. The molecule has 0 atom stereocenters. The lowest BCUT2D eigenvalue weighted by atomic mass is 10.1. The third-order valence-corrected chi connectivity index (χ3v) is 2.43. The van der Waals surface area contributed by atoms with Crippen LogP contribution in [-0.2, 0) is 6.54 Å². The molecule has 0 saturated carbocycles. The summed E-state index contributed by atoms with van der Waals surface area (Å²) in [5, 5.41) is 0. The molecule has 0 amide bonds. The van der Waals surface area contributed by atoms with Crippen LogP contribution in [-0.4, -0.2) is 16.1 Å². The second-order valence-electron chi connectivity index (χ2n) is 3.71. The summed E-state index contributed by atoms with van der Waals surface area (Å²) in [7, 11) is 0. The Balaban J connectivity index is 1.85. The Morgan fingerprint density at radius 1 is 1.00 bits per heavy atom. The third-order valence-electron chi connectivity index (χ3n) is 2.43. The number of aromatic nitrogens is 2. The van der Waals surface area contributed by atoms with Gasteiger partial charge in [0.1, 0.15) is 0 Å². The van der Waals surface area contributed by atoms with E-state index in [-0.39, 0.29) is 0 Å². The van der Waals surface area contributed by atoms with Crippen LogP contribution in [0.15, 0.2) is 18.7 Å². The molecule has 3 heteroatoms. The van der Waals surface area contributed by atoms with Crippen molar-refractivity contribution in [2.24, 2.45) is 5.73 Å². The molecule has 1 aromatic rings. The lowest BCUT2D eigenvalue weighted by Gasteiger charge is -2.02. The van der Waals surface area contributed by atoms with Crippen LogP contribution in [0.1, 0.15) is 38.5 Å². The fourth-order valence-corrected chi connectivity index (χ4v) is 1.56. The molecule has 0 unspecified atom stereocenters. The minimum Gasteiger partial charge on any atom is -0.337 e. The monoisotopic (exact) mass is 195 g/mol. The number of aryl methyl sites for hydroxylation is 1. The van der Waals surface area contributed by atoms with Gasteiger partial charge >= 0.3 is 0 Å². The lowest BCUT2D eigenvalue weighted by Crippen LogP contribution is -1.98. The van der Waals surface area contributed by atoms with Gasteiger partial charge in [-0.05, 0) is 19.4 Å². The van der Waals surface area contributed by atoms with Crippen LogP contribution in [0.2, 0.25) is 0 Å². The smallest absolute Gasteiger partial charge is 0.0945 e. The molecule has 14 heavy (non-hydrogen) atoms. The van der Waals surface area contributed by atoms with Crippen molar-refractivity contribution in [3.05, 3.63) is 18.7 Å². The minimum atomic E-state index is 0.842. The first-order valence-electron chi connectivity index (χ1n) is 5.59. The predicted molar refractivity (Wildman–Crippen MR) is 59.0 cm³/mol. The van der Waals surface area contributed by atoms with E-state index >= 15 is 0 Å². The van der Waals surface area contributed by atoms with Gasteiger partial charge in [-0.15, -0.1) is 0 Å². The van der Waals surface area contributed by atoms with E-state index in [1.165, 1.54) is 38.5 Å². The molecule has 0 saturated heterocycles. The van der Waals surface area contributed by atoms with Crippen LogP contribution in [0.4, 0.5) is 0 Å². The average molecular weight is 195 g/mol. The largest absolute Gasteiger partial charge is 0.337 e. The normalized spacial score (nSPS) is 10.6. The first-order chi connectivity index (χ1) is 6.93. The lowest BCUT2D eigenvalue weighted by molar-refractivity contribution is 0.553. The molecule has 0 radical (unpaired) electrons. The fraction of sp³-hybridized carbons (Fsp3) is 0.727. The molecular weight excluding hydrogens is 174 g/mol. The van der Waals surface area contributed by atoms with Crippen molar-refractivity contribution in [1.29, 1.82) is 0 Å². The zero-order valence-electron chi connectivity index (χ0n) is 8.86. The van der Waals surface area contributed by atoms with Gasteiger partial charge in [0, 0.05) is 18.9 Å². The Morgan fingerprint density at radius 3 is 2.36 bits per heavy atom. The summed E-state index contributed by atoms with van der Waals surface area (Å²) in [6.07, 6.45) is 13.5. The second-order valence-corrected chi connectivity index (χ2v) is 3.71. The number of hydrogen-bond donors (Lipinski definition) is 1. The Labute approximate surface area is 86.3 Å². The van der Waals surface area contributed by atoms with Gasteiger partial charge < -0.3 is 10.3 Å². The zero-order chi connectivity index (χ0) is 10.1. The SMILES string of the molecule is NCCCCCCCCn1ccnc1. The first-order valence-corrected chi connectivity index (χ1v) is 5.59. The minimum absolute atomic E-state index is 0.842. The average Bonchev–Trinajstić information content (AvgIpc) is 2.69. The fourth-order valence-electron chi connectivity index (χ4n) is 1.56. The Bertz CT molecular complexity index is 206. The number of nitrogens with two attached hydrogens (primary N) is 1. The van der Waals surface area contributed by atoms with Gasteiger partial charge in [-0.2, -0.15) is 0 Å². The van der Waals surface area contributed by atoms with E-state index in [0.29, 0.717) is 0 Å². The summed E-state index contributed by atoms with van der Waals surface area (Å²) in [6.45, 7) is 1.95. The van der Waals surface area contributed by atoms with Crippen molar-refractivity contribution in [2.75, 3.05) is 6.54 Å². The summed E-state index contributed by atoms with van der Waals surface area (Å²) in [6, 6.07) is 0. The number of hydrogen-bond acceptors (Lipinski definition) is 2. The Morgan fingerprint density at radius 2 is 1.71 bits per heavy atom. The summed E-state index contributed by atoms with van der Waals surface area (Å²) in [5.74, 6) is 0.